The zero-order valence-electron chi connectivity index (χ0n) is 12.2. The van der Waals surface area contributed by atoms with E-state index in [9.17, 15) is 9.90 Å². The Kier molecular flexibility index (Phi) is 3.97. The van der Waals surface area contributed by atoms with Gasteiger partial charge in [-0.1, -0.05) is 37.5 Å². The van der Waals surface area contributed by atoms with Crippen molar-refractivity contribution in [2.24, 2.45) is 0 Å². The summed E-state index contributed by atoms with van der Waals surface area (Å²) in [6.07, 6.45) is 4.91. The van der Waals surface area contributed by atoms with Crippen molar-refractivity contribution in [3.05, 3.63) is 36.0 Å². The molecule has 0 spiro atoms. The summed E-state index contributed by atoms with van der Waals surface area (Å²) >= 11 is 0. The molecule has 4 nitrogen and oxygen atoms in total. The van der Waals surface area contributed by atoms with Crippen molar-refractivity contribution in [2.45, 2.75) is 50.7 Å². The van der Waals surface area contributed by atoms with Crippen LogP contribution in [-0.4, -0.2) is 21.6 Å². The van der Waals surface area contributed by atoms with Crippen LogP contribution in [0.5, 0.6) is 0 Å². The molecule has 1 heterocycles. The Balaban J connectivity index is 1.55. The highest BCUT2D eigenvalue weighted by Gasteiger charge is 2.31. The lowest BCUT2D eigenvalue weighted by molar-refractivity contribution is -0.127. The number of rotatable bonds is 4. The van der Waals surface area contributed by atoms with Crippen molar-refractivity contribution in [1.82, 2.24) is 10.3 Å². The molecule has 1 aromatic heterocycles. The number of fused-ring (bicyclic) bond motifs is 1. The summed E-state index contributed by atoms with van der Waals surface area (Å²) in [5, 5.41) is 14.4. The number of hydrogen-bond acceptors (Lipinski definition) is 2. The van der Waals surface area contributed by atoms with Gasteiger partial charge in [0.25, 0.3) is 0 Å². The smallest absolute Gasteiger partial charge is 0.223 e. The normalized spacial score (nSPS) is 17.8. The van der Waals surface area contributed by atoms with Crippen LogP contribution in [-0.2, 0) is 11.3 Å². The fourth-order valence-electron chi connectivity index (χ4n) is 3.17. The number of aromatic nitrogens is 1. The van der Waals surface area contributed by atoms with E-state index >= 15 is 0 Å². The van der Waals surface area contributed by atoms with Gasteiger partial charge in [-0.15, -0.1) is 0 Å². The number of H-pyrrole nitrogens is 1. The second-order valence-electron chi connectivity index (χ2n) is 6.12. The molecule has 0 unspecified atom stereocenters. The molecule has 1 fully saturated rings. The Morgan fingerprint density at radius 3 is 2.76 bits per heavy atom. The monoisotopic (exact) mass is 286 g/mol. The van der Waals surface area contributed by atoms with Crippen LogP contribution >= 0.6 is 0 Å². The Bertz CT molecular complexity index is 594. The molecule has 112 valence electrons. The van der Waals surface area contributed by atoms with Gasteiger partial charge in [0, 0.05) is 11.2 Å². The van der Waals surface area contributed by atoms with E-state index in [1.165, 1.54) is 6.42 Å². The van der Waals surface area contributed by atoms with Crippen molar-refractivity contribution in [3.8, 4) is 0 Å². The van der Waals surface area contributed by atoms with Crippen LogP contribution in [0.1, 0.15) is 44.2 Å². The number of benzene rings is 1. The summed E-state index contributed by atoms with van der Waals surface area (Å²) in [4.78, 5) is 15.3. The predicted octanol–water partition coefficient (Wildman–Crippen LogP) is 2.87. The van der Waals surface area contributed by atoms with Crippen LogP contribution in [0.2, 0.25) is 0 Å². The minimum Gasteiger partial charge on any atom is -0.389 e. The molecule has 4 heteroatoms. The lowest BCUT2D eigenvalue weighted by Crippen LogP contribution is -2.38. The standard InChI is InChI=1S/C17H22N2O2/c20-16(11-17(21)8-4-1-5-9-17)18-12-14-10-13-6-2-3-7-15(13)19-14/h2-3,6-7,10,19,21H,1,4-5,8-9,11-12H2,(H,18,20). The van der Waals surface area contributed by atoms with E-state index in [4.69, 9.17) is 0 Å². The number of carbonyl (C=O) groups excluding carboxylic acids is 1. The van der Waals surface area contributed by atoms with Gasteiger partial charge in [-0.25, -0.2) is 0 Å². The number of para-hydroxylation sites is 1. The molecule has 0 saturated heterocycles. The van der Waals surface area contributed by atoms with Crippen molar-refractivity contribution in [1.29, 1.82) is 0 Å². The second kappa shape index (κ2) is 5.90. The van der Waals surface area contributed by atoms with E-state index in [1.54, 1.807) is 0 Å². The van der Waals surface area contributed by atoms with E-state index in [0.717, 1.165) is 42.3 Å². The van der Waals surface area contributed by atoms with Crippen molar-refractivity contribution in [2.75, 3.05) is 0 Å². The van der Waals surface area contributed by atoms with Gasteiger partial charge in [0.1, 0.15) is 0 Å². The summed E-state index contributed by atoms with van der Waals surface area (Å²) in [5.41, 5.74) is 1.27. The maximum Gasteiger partial charge on any atom is 0.223 e. The summed E-state index contributed by atoms with van der Waals surface area (Å²) in [6, 6.07) is 10.1. The van der Waals surface area contributed by atoms with Gasteiger partial charge in [-0.3, -0.25) is 4.79 Å². The lowest BCUT2D eigenvalue weighted by atomic mass is 9.82. The molecule has 1 amide bonds. The minimum absolute atomic E-state index is 0.0712. The van der Waals surface area contributed by atoms with Gasteiger partial charge in [-0.2, -0.15) is 0 Å². The maximum absolute atomic E-state index is 12.0. The molecule has 1 saturated carbocycles. The first-order chi connectivity index (χ1) is 10.1. The second-order valence-corrected chi connectivity index (χ2v) is 6.12. The number of carbonyl (C=O) groups is 1. The average Bonchev–Trinajstić information content (AvgIpc) is 2.88. The van der Waals surface area contributed by atoms with Crippen LogP contribution in [0, 0.1) is 0 Å². The van der Waals surface area contributed by atoms with Crippen molar-refractivity contribution >= 4 is 16.8 Å². The van der Waals surface area contributed by atoms with Crippen LogP contribution in [0.3, 0.4) is 0 Å². The number of amides is 1. The quantitative estimate of drug-likeness (QED) is 0.809. The van der Waals surface area contributed by atoms with Gasteiger partial charge in [0.2, 0.25) is 5.91 Å². The molecule has 0 atom stereocenters. The molecule has 3 rings (SSSR count). The predicted molar refractivity (Wildman–Crippen MR) is 82.8 cm³/mol. The lowest BCUT2D eigenvalue weighted by Gasteiger charge is -2.31. The Labute approximate surface area is 124 Å². The van der Waals surface area contributed by atoms with E-state index in [1.807, 2.05) is 30.3 Å². The first kappa shape index (κ1) is 14.1. The SMILES string of the molecule is O=C(CC1(O)CCCCC1)NCc1cc2ccccc2[nH]1. The van der Waals surface area contributed by atoms with E-state index < -0.39 is 5.60 Å². The minimum atomic E-state index is -0.789. The summed E-state index contributed by atoms with van der Waals surface area (Å²) < 4.78 is 0. The molecule has 2 aromatic rings. The molecular weight excluding hydrogens is 264 g/mol. The molecule has 0 bridgehead atoms. The maximum atomic E-state index is 12.0. The van der Waals surface area contributed by atoms with E-state index in [-0.39, 0.29) is 12.3 Å². The largest absolute Gasteiger partial charge is 0.389 e. The molecule has 1 aliphatic rings. The van der Waals surface area contributed by atoms with Crippen LogP contribution < -0.4 is 5.32 Å². The first-order valence-corrected chi connectivity index (χ1v) is 7.70. The summed E-state index contributed by atoms with van der Waals surface area (Å²) in [6.45, 7) is 0.476. The van der Waals surface area contributed by atoms with Crippen LogP contribution in [0.15, 0.2) is 30.3 Å². The zero-order chi connectivity index (χ0) is 14.7. The number of aromatic amines is 1. The fourth-order valence-corrected chi connectivity index (χ4v) is 3.17. The molecule has 21 heavy (non-hydrogen) atoms. The highest BCUT2D eigenvalue weighted by molar-refractivity contribution is 5.81. The van der Waals surface area contributed by atoms with E-state index in [0.29, 0.717) is 6.54 Å². The number of hydrogen-bond donors (Lipinski definition) is 3. The molecule has 0 aliphatic heterocycles. The van der Waals surface area contributed by atoms with Gasteiger partial charge < -0.3 is 15.4 Å². The Morgan fingerprint density at radius 1 is 1.24 bits per heavy atom. The number of aliphatic hydroxyl groups is 1. The molecular formula is C17H22N2O2. The van der Waals surface area contributed by atoms with E-state index in [2.05, 4.69) is 10.3 Å². The summed E-state index contributed by atoms with van der Waals surface area (Å²) in [7, 11) is 0. The third-order valence-corrected chi connectivity index (χ3v) is 4.34. The average molecular weight is 286 g/mol. The molecule has 0 radical (unpaired) electrons. The van der Waals surface area contributed by atoms with Gasteiger partial charge in [-0.05, 0) is 30.4 Å². The first-order valence-electron chi connectivity index (χ1n) is 7.70. The van der Waals surface area contributed by atoms with Crippen LogP contribution in [0.25, 0.3) is 10.9 Å². The Morgan fingerprint density at radius 2 is 2.00 bits per heavy atom. The number of nitrogens with one attached hydrogen (secondary N) is 2. The van der Waals surface area contributed by atoms with Crippen molar-refractivity contribution < 1.29 is 9.90 Å². The molecule has 1 aliphatic carbocycles. The van der Waals surface area contributed by atoms with Gasteiger partial charge in [0.05, 0.1) is 18.6 Å². The van der Waals surface area contributed by atoms with Gasteiger partial charge >= 0.3 is 0 Å². The summed E-state index contributed by atoms with van der Waals surface area (Å²) in [5.74, 6) is -0.0712. The third-order valence-electron chi connectivity index (χ3n) is 4.34. The highest BCUT2D eigenvalue weighted by atomic mass is 16.3. The molecule has 1 aromatic carbocycles. The van der Waals surface area contributed by atoms with Crippen LogP contribution in [0.4, 0.5) is 0 Å². The fraction of sp³-hybridized carbons (Fsp3) is 0.471. The highest BCUT2D eigenvalue weighted by Crippen LogP contribution is 2.30. The zero-order valence-corrected chi connectivity index (χ0v) is 12.2. The molecule has 3 N–H and O–H groups in total. The van der Waals surface area contributed by atoms with Gasteiger partial charge in [0.15, 0.2) is 0 Å². The topological polar surface area (TPSA) is 65.1 Å². The van der Waals surface area contributed by atoms with Crippen molar-refractivity contribution in [3.63, 3.8) is 0 Å². The Hall–Kier alpha value is -1.81. The third kappa shape index (κ3) is 3.45.